The highest BCUT2D eigenvalue weighted by atomic mass is 19.4. The molecule has 1 aromatic heterocycles. The second kappa shape index (κ2) is 10.8. The fraction of sp³-hybridized carbons (Fsp3) is 0.0909. The Balaban J connectivity index is 1.61. The van der Waals surface area contributed by atoms with Crippen molar-refractivity contribution in [1.29, 1.82) is 0 Å². The van der Waals surface area contributed by atoms with E-state index in [4.69, 9.17) is 4.74 Å². The number of hydrogen-bond donors (Lipinski definition) is 0. The molecule has 6 heteroatoms. The van der Waals surface area contributed by atoms with Crippen LogP contribution in [0.2, 0.25) is 0 Å². The fourth-order valence-electron chi connectivity index (χ4n) is 4.49. The van der Waals surface area contributed by atoms with Gasteiger partial charge in [-0.05, 0) is 71.1 Å². The van der Waals surface area contributed by atoms with Crippen LogP contribution in [0.4, 0.5) is 13.2 Å². The molecule has 1 heterocycles. The molecular formula is C33H22F3NO2. The summed E-state index contributed by atoms with van der Waals surface area (Å²) < 4.78 is 46.2. The number of hydrogen-bond acceptors (Lipinski definition) is 3. The summed E-state index contributed by atoms with van der Waals surface area (Å²) in [5.74, 6) is 5.78. The van der Waals surface area contributed by atoms with Crippen molar-refractivity contribution in [2.45, 2.75) is 12.6 Å². The number of para-hydroxylation sites is 1. The maximum atomic E-state index is 13.8. The van der Waals surface area contributed by atoms with Crippen LogP contribution in [0, 0.1) is 11.8 Å². The Morgan fingerprint density at radius 3 is 2.28 bits per heavy atom. The molecule has 0 radical (unpaired) electrons. The van der Waals surface area contributed by atoms with Gasteiger partial charge >= 0.3 is 12.1 Å². The Hall–Kier alpha value is -4.89. The standard InChI is InChI=1S/C33H22F3NO2/c1-39-32(38)25-17-15-22(16-18-25)13-14-24-9-5-10-26(19-24)30-27(20-23-7-3-2-4-8-23)21-37-31-28(30)11-6-12-29(31)33(34,35)36/h2-12,15-19,21H,20H2,1H3. The van der Waals surface area contributed by atoms with Crippen molar-refractivity contribution in [3.63, 3.8) is 0 Å². The Morgan fingerprint density at radius 1 is 0.846 bits per heavy atom. The van der Waals surface area contributed by atoms with Gasteiger partial charge in [0.05, 0.1) is 23.8 Å². The van der Waals surface area contributed by atoms with Crippen molar-refractivity contribution >= 4 is 16.9 Å². The van der Waals surface area contributed by atoms with Crippen LogP contribution in [0.25, 0.3) is 22.0 Å². The second-order valence-corrected chi connectivity index (χ2v) is 8.92. The molecule has 5 aromatic rings. The number of carbonyl (C=O) groups is 1. The largest absolute Gasteiger partial charge is 0.465 e. The molecule has 0 amide bonds. The molecule has 3 nitrogen and oxygen atoms in total. The SMILES string of the molecule is COC(=O)c1ccc(C#Cc2cccc(-c3c(Cc4ccccc4)cnc4c(C(F)(F)F)cccc34)c2)cc1. The normalized spacial score (nSPS) is 11.1. The van der Waals surface area contributed by atoms with Crippen LogP contribution in [-0.4, -0.2) is 18.1 Å². The van der Waals surface area contributed by atoms with Gasteiger partial charge in [0.25, 0.3) is 0 Å². The molecule has 0 bridgehead atoms. The van der Waals surface area contributed by atoms with E-state index < -0.39 is 17.7 Å². The van der Waals surface area contributed by atoms with E-state index in [9.17, 15) is 18.0 Å². The van der Waals surface area contributed by atoms with E-state index in [0.29, 0.717) is 34.1 Å². The maximum absolute atomic E-state index is 13.8. The zero-order chi connectivity index (χ0) is 27.4. The fourth-order valence-corrected chi connectivity index (χ4v) is 4.49. The smallest absolute Gasteiger partial charge is 0.418 e. The minimum absolute atomic E-state index is 0.0843. The van der Waals surface area contributed by atoms with E-state index in [0.717, 1.165) is 22.8 Å². The van der Waals surface area contributed by atoms with Crippen molar-refractivity contribution in [3.05, 3.63) is 137 Å². The molecule has 0 aliphatic carbocycles. The summed E-state index contributed by atoms with van der Waals surface area (Å²) in [6, 6.07) is 28.1. The van der Waals surface area contributed by atoms with Crippen LogP contribution in [0.1, 0.15) is 38.2 Å². The van der Waals surface area contributed by atoms with Gasteiger partial charge in [-0.3, -0.25) is 4.98 Å². The summed E-state index contributed by atoms with van der Waals surface area (Å²) in [5.41, 5.74) is 4.28. The van der Waals surface area contributed by atoms with Crippen LogP contribution in [0.15, 0.2) is 103 Å². The van der Waals surface area contributed by atoms with Gasteiger partial charge in [-0.1, -0.05) is 66.4 Å². The first-order valence-electron chi connectivity index (χ1n) is 12.2. The third-order valence-electron chi connectivity index (χ3n) is 6.33. The van der Waals surface area contributed by atoms with Crippen molar-refractivity contribution < 1.29 is 22.7 Å². The Labute approximate surface area is 223 Å². The monoisotopic (exact) mass is 521 g/mol. The number of esters is 1. The minimum atomic E-state index is -4.53. The number of carbonyl (C=O) groups excluding carboxylic acids is 1. The number of fused-ring (bicyclic) bond motifs is 1. The summed E-state index contributed by atoms with van der Waals surface area (Å²) in [4.78, 5) is 15.9. The highest BCUT2D eigenvalue weighted by molar-refractivity contribution is 5.98. The zero-order valence-corrected chi connectivity index (χ0v) is 20.9. The summed E-state index contributed by atoms with van der Waals surface area (Å²) in [6.07, 6.45) is -2.47. The molecule has 192 valence electrons. The third-order valence-corrected chi connectivity index (χ3v) is 6.33. The van der Waals surface area contributed by atoms with Gasteiger partial charge in [0.2, 0.25) is 0 Å². The summed E-state index contributed by atoms with van der Waals surface area (Å²) in [5, 5.41) is 0.432. The van der Waals surface area contributed by atoms with Crippen molar-refractivity contribution in [3.8, 4) is 23.0 Å². The number of benzene rings is 4. The van der Waals surface area contributed by atoms with Gasteiger partial charge in [-0.15, -0.1) is 0 Å². The Morgan fingerprint density at radius 2 is 1.56 bits per heavy atom. The molecule has 0 aliphatic rings. The number of nitrogens with zero attached hydrogens (tertiary/aromatic N) is 1. The number of aromatic nitrogens is 1. The lowest BCUT2D eigenvalue weighted by Gasteiger charge is -2.16. The molecule has 4 aromatic carbocycles. The van der Waals surface area contributed by atoms with Gasteiger partial charge in [-0.25, -0.2) is 4.79 Å². The van der Waals surface area contributed by atoms with Gasteiger partial charge in [0, 0.05) is 22.7 Å². The topological polar surface area (TPSA) is 39.2 Å². The molecule has 0 atom stereocenters. The van der Waals surface area contributed by atoms with E-state index in [1.165, 1.54) is 13.2 Å². The third kappa shape index (κ3) is 5.68. The minimum Gasteiger partial charge on any atom is -0.465 e. The molecule has 39 heavy (non-hydrogen) atoms. The van der Waals surface area contributed by atoms with Crippen LogP contribution < -0.4 is 0 Å². The van der Waals surface area contributed by atoms with E-state index in [1.54, 1.807) is 36.5 Å². The maximum Gasteiger partial charge on any atom is 0.418 e. The van der Waals surface area contributed by atoms with Gasteiger partial charge in [0.15, 0.2) is 0 Å². The van der Waals surface area contributed by atoms with Crippen LogP contribution in [0.5, 0.6) is 0 Å². The summed E-state index contributed by atoms with van der Waals surface area (Å²) in [7, 11) is 1.32. The quantitative estimate of drug-likeness (QED) is 0.180. The number of halogens is 3. The lowest BCUT2D eigenvalue weighted by Crippen LogP contribution is -2.07. The predicted molar refractivity (Wildman–Crippen MR) is 145 cm³/mol. The molecular weight excluding hydrogens is 499 g/mol. The van der Waals surface area contributed by atoms with Crippen molar-refractivity contribution in [2.75, 3.05) is 7.11 Å². The molecule has 0 unspecified atom stereocenters. The van der Waals surface area contributed by atoms with E-state index in [1.807, 2.05) is 54.6 Å². The lowest BCUT2D eigenvalue weighted by atomic mass is 9.91. The Kier molecular flexibility index (Phi) is 7.16. The van der Waals surface area contributed by atoms with Crippen molar-refractivity contribution in [1.82, 2.24) is 4.98 Å². The summed E-state index contributed by atoms with van der Waals surface area (Å²) in [6.45, 7) is 0. The number of pyridine rings is 1. The van der Waals surface area contributed by atoms with E-state index >= 15 is 0 Å². The number of methoxy groups -OCH3 is 1. The van der Waals surface area contributed by atoms with Crippen LogP contribution >= 0.6 is 0 Å². The summed E-state index contributed by atoms with van der Waals surface area (Å²) >= 11 is 0. The average Bonchev–Trinajstić information content (AvgIpc) is 2.95. The molecule has 0 spiro atoms. The highest BCUT2D eigenvalue weighted by Crippen LogP contribution is 2.39. The lowest BCUT2D eigenvalue weighted by molar-refractivity contribution is -0.136. The first-order valence-corrected chi connectivity index (χ1v) is 12.2. The highest BCUT2D eigenvalue weighted by Gasteiger charge is 2.33. The van der Waals surface area contributed by atoms with Gasteiger partial charge < -0.3 is 4.74 Å². The van der Waals surface area contributed by atoms with Crippen LogP contribution in [0.3, 0.4) is 0 Å². The Bertz CT molecular complexity index is 1710. The average molecular weight is 522 g/mol. The number of alkyl halides is 3. The van der Waals surface area contributed by atoms with Crippen LogP contribution in [-0.2, 0) is 17.3 Å². The number of rotatable bonds is 4. The molecule has 0 saturated heterocycles. The van der Waals surface area contributed by atoms with E-state index in [2.05, 4.69) is 16.8 Å². The second-order valence-electron chi connectivity index (χ2n) is 8.92. The first-order chi connectivity index (χ1) is 18.8. The zero-order valence-electron chi connectivity index (χ0n) is 20.9. The van der Waals surface area contributed by atoms with Crippen molar-refractivity contribution in [2.24, 2.45) is 0 Å². The van der Waals surface area contributed by atoms with Gasteiger partial charge in [0.1, 0.15) is 0 Å². The molecule has 5 rings (SSSR count). The molecule has 0 aliphatic heterocycles. The van der Waals surface area contributed by atoms with E-state index in [-0.39, 0.29) is 5.52 Å². The predicted octanol–water partition coefficient (Wildman–Crippen LogP) is 7.70. The molecule has 0 N–H and O–H groups in total. The van der Waals surface area contributed by atoms with Gasteiger partial charge in [-0.2, -0.15) is 13.2 Å². The number of ether oxygens (including phenoxy) is 1. The first kappa shape index (κ1) is 25.7. The molecule has 0 fully saturated rings. The molecule has 0 saturated carbocycles.